The maximum Gasteiger partial charge on any atom is 0.0406 e. The first-order valence-electron chi connectivity index (χ1n) is 6.22. The molecule has 18 heavy (non-hydrogen) atoms. The van der Waals surface area contributed by atoms with Crippen LogP contribution in [0.3, 0.4) is 0 Å². The fourth-order valence-corrected chi connectivity index (χ4v) is 2.94. The van der Waals surface area contributed by atoms with Crippen molar-refractivity contribution in [3.8, 4) is 0 Å². The number of thiophene rings is 1. The Hall–Kier alpha value is -0.830. The average Bonchev–Trinajstić information content (AvgIpc) is 2.78. The van der Waals surface area contributed by atoms with Crippen LogP contribution in [0, 0.1) is 6.92 Å². The van der Waals surface area contributed by atoms with Gasteiger partial charge in [-0.25, -0.2) is 0 Å². The fourth-order valence-electron chi connectivity index (χ4n) is 2.06. The molecule has 0 aliphatic heterocycles. The second-order valence-electron chi connectivity index (χ2n) is 4.43. The second-order valence-corrected chi connectivity index (χ2v) is 5.98. The number of nitrogens with one attached hydrogen (secondary N) is 1. The van der Waals surface area contributed by atoms with E-state index in [1.54, 1.807) is 0 Å². The van der Waals surface area contributed by atoms with Crippen molar-refractivity contribution < 1.29 is 0 Å². The Morgan fingerprint density at radius 2 is 2.00 bits per heavy atom. The van der Waals surface area contributed by atoms with Gasteiger partial charge in [-0.1, -0.05) is 30.7 Å². The Labute approximate surface area is 118 Å². The SMILES string of the molecule is CCNC(Cc1ccc(Cl)cc1)c1csc(C)c1. The monoisotopic (exact) mass is 279 g/mol. The summed E-state index contributed by atoms with van der Waals surface area (Å²) in [5.41, 5.74) is 2.70. The molecule has 1 heterocycles. The van der Waals surface area contributed by atoms with Crippen LogP contribution < -0.4 is 5.32 Å². The minimum atomic E-state index is 0.390. The number of benzene rings is 1. The van der Waals surface area contributed by atoms with Gasteiger partial charge in [0.25, 0.3) is 0 Å². The van der Waals surface area contributed by atoms with Crippen molar-refractivity contribution in [3.05, 3.63) is 56.7 Å². The summed E-state index contributed by atoms with van der Waals surface area (Å²) < 4.78 is 0. The molecular weight excluding hydrogens is 262 g/mol. The summed E-state index contributed by atoms with van der Waals surface area (Å²) in [4.78, 5) is 1.36. The van der Waals surface area contributed by atoms with E-state index in [0.717, 1.165) is 18.0 Å². The highest BCUT2D eigenvalue weighted by Gasteiger charge is 2.12. The van der Waals surface area contributed by atoms with Crippen LogP contribution in [0.1, 0.15) is 29.0 Å². The van der Waals surface area contributed by atoms with Gasteiger partial charge in [0.05, 0.1) is 0 Å². The Bertz CT molecular complexity index is 489. The van der Waals surface area contributed by atoms with Crippen LogP contribution in [0.15, 0.2) is 35.7 Å². The summed E-state index contributed by atoms with van der Waals surface area (Å²) in [6.07, 6.45) is 1.00. The first-order chi connectivity index (χ1) is 8.69. The molecule has 0 amide bonds. The van der Waals surface area contributed by atoms with Crippen LogP contribution in [0.25, 0.3) is 0 Å². The lowest BCUT2D eigenvalue weighted by Gasteiger charge is -2.17. The normalized spacial score (nSPS) is 12.6. The van der Waals surface area contributed by atoms with E-state index in [1.165, 1.54) is 16.0 Å². The van der Waals surface area contributed by atoms with Crippen molar-refractivity contribution in [3.63, 3.8) is 0 Å². The molecule has 0 spiro atoms. The van der Waals surface area contributed by atoms with Crippen LogP contribution in [0.2, 0.25) is 5.02 Å². The Morgan fingerprint density at radius 3 is 2.56 bits per heavy atom. The maximum absolute atomic E-state index is 5.92. The molecule has 2 rings (SSSR count). The Morgan fingerprint density at radius 1 is 1.28 bits per heavy atom. The third-order valence-corrected chi connectivity index (χ3v) is 4.09. The molecule has 0 radical (unpaired) electrons. The highest BCUT2D eigenvalue weighted by molar-refractivity contribution is 7.10. The van der Waals surface area contributed by atoms with Crippen molar-refractivity contribution in [1.82, 2.24) is 5.32 Å². The van der Waals surface area contributed by atoms with Crippen LogP contribution >= 0.6 is 22.9 Å². The predicted molar refractivity (Wildman–Crippen MR) is 80.6 cm³/mol. The zero-order valence-corrected chi connectivity index (χ0v) is 12.3. The zero-order chi connectivity index (χ0) is 13.0. The minimum absolute atomic E-state index is 0.390. The van der Waals surface area contributed by atoms with E-state index in [-0.39, 0.29) is 0 Å². The molecule has 2 aromatic rings. The number of aryl methyl sites for hydroxylation is 1. The van der Waals surface area contributed by atoms with Gasteiger partial charge >= 0.3 is 0 Å². The summed E-state index contributed by atoms with van der Waals surface area (Å²) in [5, 5.41) is 6.59. The Kier molecular flexibility index (Phi) is 4.81. The molecule has 3 heteroatoms. The van der Waals surface area contributed by atoms with E-state index >= 15 is 0 Å². The van der Waals surface area contributed by atoms with E-state index < -0.39 is 0 Å². The number of hydrogen-bond acceptors (Lipinski definition) is 2. The molecule has 1 aromatic carbocycles. The van der Waals surface area contributed by atoms with Gasteiger partial charge in [-0.05, 0) is 54.6 Å². The van der Waals surface area contributed by atoms with Crippen LogP contribution in [-0.4, -0.2) is 6.54 Å². The fraction of sp³-hybridized carbons (Fsp3) is 0.333. The topological polar surface area (TPSA) is 12.0 Å². The molecule has 96 valence electrons. The van der Waals surface area contributed by atoms with Gasteiger partial charge in [0, 0.05) is 15.9 Å². The number of halogens is 1. The van der Waals surface area contributed by atoms with Crippen molar-refractivity contribution in [1.29, 1.82) is 0 Å². The third kappa shape index (κ3) is 3.58. The molecular formula is C15H18ClNS. The summed E-state index contributed by atoms with van der Waals surface area (Å²) in [6, 6.07) is 10.8. The van der Waals surface area contributed by atoms with E-state index in [0.29, 0.717) is 6.04 Å². The van der Waals surface area contributed by atoms with Crippen molar-refractivity contribution >= 4 is 22.9 Å². The number of likely N-dealkylation sites (N-methyl/N-ethyl adjacent to an activating group) is 1. The third-order valence-electron chi connectivity index (χ3n) is 2.96. The highest BCUT2D eigenvalue weighted by Crippen LogP contribution is 2.24. The van der Waals surface area contributed by atoms with E-state index in [2.05, 4.69) is 42.7 Å². The summed E-state index contributed by atoms with van der Waals surface area (Å²) in [7, 11) is 0. The van der Waals surface area contributed by atoms with Gasteiger partial charge in [-0.15, -0.1) is 11.3 Å². The number of hydrogen-bond donors (Lipinski definition) is 1. The van der Waals surface area contributed by atoms with Crippen molar-refractivity contribution in [2.45, 2.75) is 26.3 Å². The summed E-state index contributed by atoms with van der Waals surface area (Å²) >= 11 is 7.73. The zero-order valence-electron chi connectivity index (χ0n) is 10.7. The molecule has 0 aliphatic rings. The van der Waals surface area contributed by atoms with Gasteiger partial charge in [-0.2, -0.15) is 0 Å². The number of rotatable bonds is 5. The first-order valence-corrected chi connectivity index (χ1v) is 7.47. The molecule has 0 bridgehead atoms. The standard InChI is InChI=1S/C15H18ClNS/c1-3-17-15(13-8-11(2)18-10-13)9-12-4-6-14(16)7-5-12/h4-8,10,15,17H,3,9H2,1-2H3. The van der Waals surface area contributed by atoms with E-state index in [1.807, 2.05) is 23.5 Å². The molecule has 1 aromatic heterocycles. The lowest BCUT2D eigenvalue weighted by molar-refractivity contribution is 0.551. The van der Waals surface area contributed by atoms with Crippen molar-refractivity contribution in [2.75, 3.05) is 6.54 Å². The maximum atomic E-state index is 5.92. The summed E-state index contributed by atoms with van der Waals surface area (Å²) in [5.74, 6) is 0. The smallest absolute Gasteiger partial charge is 0.0406 e. The van der Waals surface area contributed by atoms with Gasteiger partial charge in [-0.3, -0.25) is 0 Å². The summed E-state index contributed by atoms with van der Waals surface area (Å²) in [6.45, 7) is 5.28. The van der Waals surface area contributed by atoms with Crippen LogP contribution in [-0.2, 0) is 6.42 Å². The second kappa shape index (κ2) is 6.37. The first kappa shape index (κ1) is 13.6. The molecule has 1 atom stereocenters. The van der Waals surface area contributed by atoms with Gasteiger partial charge in [0.2, 0.25) is 0 Å². The lowest BCUT2D eigenvalue weighted by atomic mass is 10.0. The lowest BCUT2D eigenvalue weighted by Crippen LogP contribution is -2.22. The van der Waals surface area contributed by atoms with E-state index in [4.69, 9.17) is 11.6 Å². The van der Waals surface area contributed by atoms with E-state index in [9.17, 15) is 0 Å². The largest absolute Gasteiger partial charge is 0.310 e. The van der Waals surface area contributed by atoms with Crippen LogP contribution in [0.4, 0.5) is 0 Å². The minimum Gasteiger partial charge on any atom is -0.310 e. The molecule has 1 unspecified atom stereocenters. The van der Waals surface area contributed by atoms with Gasteiger partial charge in [0.1, 0.15) is 0 Å². The van der Waals surface area contributed by atoms with Gasteiger partial charge < -0.3 is 5.32 Å². The quantitative estimate of drug-likeness (QED) is 0.843. The van der Waals surface area contributed by atoms with Gasteiger partial charge in [0.15, 0.2) is 0 Å². The van der Waals surface area contributed by atoms with Crippen LogP contribution in [0.5, 0.6) is 0 Å². The molecule has 0 saturated carbocycles. The molecule has 1 nitrogen and oxygen atoms in total. The molecule has 1 N–H and O–H groups in total. The predicted octanol–water partition coefficient (Wildman–Crippen LogP) is 4.60. The molecule has 0 saturated heterocycles. The Balaban J connectivity index is 2.13. The average molecular weight is 280 g/mol. The molecule has 0 aliphatic carbocycles. The highest BCUT2D eigenvalue weighted by atomic mass is 35.5. The van der Waals surface area contributed by atoms with Crippen molar-refractivity contribution in [2.24, 2.45) is 0 Å². The molecule has 0 fully saturated rings.